The first-order valence-corrected chi connectivity index (χ1v) is 6.60. The van der Waals surface area contributed by atoms with Crippen molar-refractivity contribution in [3.8, 4) is 0 Å². The van der Waals surface area contributed by atoms with E-state index >= 15 is 0 Å². The standard InChI is InChI=1S/C12H12N2O4S/c1-13-9-3-2-7(4-10(9)19-12(13)17)14-5-8(6-15)18-11(14)16/h2-4,8,15H,5-6H2,1H3/t8-/m1/s1. The molecule has 1 aromatic heterocycles. The van der Waals surface area contributed by atoms with Gasteiger partial charge in [0.2, 0.25) is 0 Å². The molecule has 6 nitrogen and oxygen atoms in total. The van der Waals surface area contributed by atoms with E-state index in [4.69, 9.17) is 9.84 Å². The van der Waals surface area contributed by atoms with Crippen LogP contribution in [0.5, 0.6) is 0 Å². The van der Waals surface area contributed by atoms with Gasteiger partial charge in [0.1, 0.15) is 6.10 Å². The molecule has 19 heavy (non-hydrogen) atoms. The number of cyclic esters (lactones) is 1. The Balaban J connectivity index is 2.02. The Kier molecular flexibility index (Phi) is 2.79. The summed E-state index contributed by atoms with van der Waals surface area (Å²) >= 11 is 1.14. The lowest BCUT2D eigenvalue weighted by molar-refractivity contribution is 0.0963. The summed E-state index contributed by atoms with van der Waals surface area (Å²) < 4.78 is 7.39. The molecule has 1 saturated heterocycles. The second-order valence-corrected chi connectivity index (χ2v) is 5.37. The summed E-state index contributed by atoms with van der Waals surface area (Å²) in [4.78, 5) is 24.7. The molecule has 1 N–H and O–H groups in total. The molecule has 1 aromatic carbocycles. The second-order valence-electron chi connectivity index (χ2n) is 4.38. The molecule has 0 saturated carbocycles. The quantitative estimate of drug-likeness (QED) is 0.888. The molecule has 3 rings (SSSR count). The van der Waals surface area contributed by atoms with Crippen LogP contribution in [0.2, 0.25) is 0 Å². The Labute approximate surface area is 112 Å². The first-order valence-electron chi connectivity index (χ1n) is 5.78. The number of anilines is 1. The zero-order chi connectivity index (χ0) is 13.6. The number of aromatic nitrogens is 1. The van der Waals surface area contributed by atoms with E-state index in [-0.39, 0.29) is 11.5 Å². The third-order valence-corrected chi connectivity index (χ3v) is 4.16. The zero-order valence-corrected chi connectivity index (χ0v) is 11.0. The zero-order valence-electron chi connectivity index (χ0n) is 10.2. The lowest BCUT2D eigenvalue weighted by atomic mass is 10.2. The number of thiazole rings is 1. The van der Waals surface area contributed by atoms with Gasteiger partial charge in [0.05, 0.1) is 23.4 Å². The number of nitrogens with zero attached hydrogens (tertiary/aromatic N) is 2. The van der Waals surface area contributed by atoms with Crippen molar-refractivity contribution in [2.45, 2.75) is 6.10 Å². The Morgan fingerprint density at radius 2 is 2.26 bits per heavy atom. The van der Waals surface area contributed by atoms with Gasteiger partial charge in [0, 0.05) is 12.7 Å². The molecule has 1 atom stereocenters. The monoisotopic (exact) mass is 280 g/mol. The summed E-state index contributed by atoms with van der Waals surface area (Å²) in [5.41, 5.74) is 1.51. The number of aryl methyl sites for hydroxylation is 1. The molecule has 0 radical (unpaired) electrons. The average Bonchev–Trinajstić information content (AvgIpc) is 2.91. The highest BCUT2D eigenvalue weighted by Gasteiger charge is 2.31. The van der Waals surface area contributed by atoms with Gasteiger partial charge >= 0.3 is 11.0 Å². The second kappa shape index (κ2) is 4.36. The summed E-state index contributed by atoms with van der Waals surface area (Å²) in [6, 6.07) is 5.38. The van der Waals surface area contributed by atoms with E-state index in [1.807, 2.05) is 6.07 Å². The highest BCUT2D eigenvalue weighted by atomic mass is 32.1. The minimum atomic E-state index is -0.488. The van der Waals surface area contributed by atoms with E-state index in [0.29, 0.717) is 12.2 Å². The Hall–Kier alpha value is -1.86. The number of ether oxygens (including phenoxy) is 1. The molecule has 0 spiro atoms. The molecule has 0 aliphatic carbocycles. The first-order chi connectivity index (χ1) is 9.10. The van der Waals surface area contributed by atoms with Crippen molar-refractivity contribution in [3.05, 3.63) is 27.9 Å². The molecular formula is C12H12N2O4S. The topological polar surface area (TPSA) is 71.8 Å². The third-order valence-electron chi connectivity index (χ3n) is 3.17. The molecular weight excluding hydrogens is 268 g/mol. The fraction of sp³-hybridized carbons (Fsp3) is 0.333. The van der Waals surface area contributed by atoms with Gasteiger partial charge in [0.15, 0.2) is 0 Å². The maximum atomic E-state index is 11.7. The fourth-order valence-corrected chi connectivity index (χ4v) is 3.03. The largest absolute Gasteiger partial charge is 0.441 e. The summed E-state index contributed by atoms with van der Waals surface area (Å²) in [6.07, 6.45) is -0.959. The third kappa shape index (κ3) is 1.91. The van der Waals surface area contributed by atoms with Gasteiger partial charge < -0.3 is 14.4 Å². The Morgan fingerprint density at radius 3 is 2.95 bits per heavy atom. The molecule has 1 aliphatic heterocycles. The fourth-order valence-electron chi connectivity index (χ4n) is 2.12. The highest BCUT2D eigenvalue weighted by Crippen LogP contribution is 2.27. The van der Waals surface area contributed by atoms with E-state index in [2.05, 4.69) is 0 Å². The van der Waals surface area contributed by atoms with Crippen LogP contribution >= 0.6 is 11.3 Å². The minimum Gasteiger partial charge on any atom is -0.441 e. The van der Waals surface area contributed by atoms with Crippen LogP contribution in [0.4, 0.5) is 10.5 Å². The number of amides is 1. The van der Waals surface area contributed by atoms with E-state index in [9.17, 15) is 9.59 Å². The van der Waals surface area contributed by atoms with Crippen LogP contribution < -0.4 is 9.77 Å². The number of fused-ring (bicyclic) bond motifs is 1. The van der Waals surface area contributed by atoms with Crippen molar-refractivity contribution in [1.29, 1.82) is 0 Å². The van der Waals surface area contributed by atoms with E-state index < -0.39 is 12.2 Å². The number of aliphatic hydroxyl groups excluding tert-OH is 1. The number of hydrogen-bond acceptors (Lipinski definition) is 5. The average molecular weight is 280 g/mol. The van der Waals surface area contributed by atoms with Crippen molar-refractivity contribution in [3.63, 3.8) is 0 Å². The van der Waals surface area contributed by atoms with Gasteiger partial charge in [-0.15, -0.1) is 0 Å². The van der Waals surface area contributed by atoms with Crippen molar-refractivity contribution in [2.24, 2.45) is 7.05 Å². The number of rotatable bonds is 2. The van der Waals surface area contributed by atoms with Crippen LogP contribution in [0, 0.1) is 0 Å². The first kappa shape index (κ1) is 12.2. The van der Waals surface area contributed by atoms with Crippen molar-refractivity contribution in [1.82, 2.24) is 4.57 Å². The molecule has 1 aliphatic rings. The van der Waals surface area contributed by atoms with Crippen LogP contribution in [0.15, 0.2) is 23.0 Å². The van der Waals surface area contributed by atoms with Gasteiger partial charge in [-0.1, -0.05) is 11.3 Å². The number of benzene rings is 1. The van der Waals surface area contributed by atoms with Gasteiger partial charge in [-0.05, 0) is 18.2 Å². The Bertz CT molecular complexity index is 705. The molecule has 0 unspecified atom stereocenters. The normalized spacial score (nSPS) is 19.2. The number of aliphatic hydroxyl groups is 1. The number of carbonyl (C=O) groups excluding carboxylic acids is 1. The molecule has 0 bridgehead atoms. The van der Waals surface area contributed by atoms with Gasteiger partial charge in [-0.25, -0.2) is 4.79 Å². The molecule has 2 heterocycles. The lowest BCUT2D eigenvalue weighted by Crippen LogP contribution is -2.25. The predicted molar refractivity (Wildman–Crippen MR) is 71.8 cm³/mol. The molecule has 1 fully saturated rings. The van der Waals surface area contributed by atoms with Crippen LogP contribution in [-0.2, 0) is 11.8 Å². The number of hydrogen-bond donors (Lipinski definition) is 1. The summed E-state index contributed by atoms with van der Waals surface area (Å²) in [6.45, 7) is 0.131. The van der Waals surface area contributed by atoms with Crippen molar-refractivity contribution < 1.29 is 14.6 Å². The van der Waals surface area contributed by atoms with Crippen molar-refractivity contribution in [2.75, 3.05) is 18.1 Å². The minimum absolute atomic E-state index is 0.0376. The van der Waals surface area contributed by atoms with E-state index in [1.54, 1.807) is 23.7 Å². The van der Waals surface area contributed by atoms with Crippen LogP contribution in [0.1, 0.15) is 0 Å². The molecule has 7 heteroatoms. The van der Waals surface area contributed by atoms with Crippen molar-refractivity contribution >= 4 is 33.3 Å². The highest BCUT2D eigenvalue weighted by molar-refractivity contribution is 7.16. The summed E-state index contributed by atoms with van der Waals surface area (Å²) in [5, 5.41) is 9.01. The maximum absolute atomic E-state index is 11.7. The van der Waals surface area contributed by atoms with Crippen LogP contribution in [0.25, 0.3) is 10.2 Å². The predicted octanol–water partition coefficient (Wildman–Crippen LogP) is 0.918. The van der Waals surface area contributed by atoms with Gasteiger partial charge in [0.25, 0.3) is 0 Å². The van der Waals surface area contributed by atoms with Gasteiger partial charge in [-0.2, -0.15) is 0 Å². The van der Waals surface area contributed by atoms with Crippen LogP contribution in [-0.4, -0.2) is 35.0 Å². The van der Waals surface area contributed by atoms with E-state index in [1.165, 1.54) is 4.90 Å². The SMILES string of the molecule is Cn1c(=O)sc2cc(N3C[C@H](CO)OC3=O)ccc21. The van der Waals surface area contributed by atoms with E-state index in [0.717, 1.165) is 21.6 Å². The maximum Gasteiger partial charge on any atom is 0.414 e. The molecule has 100 valence electrons. The smallest absolute Gasteiger partial charge is 0.414 e. The Morgan fingerprint density at radius 1 is 1.47 bits per heavy atom. The molecule has 1 amide bonds. The summed E-state index contributed by atoms with van der Waals surface area (Å²) in [5.74, 6) is 0. The van der Waals surface area contributed by atoms with Crippen LogP contribution in [0.3, 0.4) is 0 Å². The molecule has 2 aromatic rings. The van der Waals surface area contributed by atoms with Gasteiger partial charge in [-0.3, -0.25) is 9.69 Å². The summed E-state index contributed by atoms with van der Waals surface area (Å²) in [7, 11) is 1.72. The number of carbonyl (C=O) groups is 1. The lowest BCUT2D eigenvalue weighted by Gasteiger charge is -2.12.